The van der Waals surface area contributed by atoms with Gasteiger partial charge in [0, 0.05) is 6.04 Å². The molecule has 1 aromatic heterocycles. The van der Waals surface area contributed by atoms with Gasteiger partial charge in [0.25, 0.3) is 0 Å². The van der Waals surface area contributed by atoms with Gasteiger partial charge in [-0.05, 0) is 62.1 Å². The molecule has 1 aliphatic rings. The van der Waals surface area contributed by atoms with Gasteiger partial charge in [0.2, 0.25) is 0 Å². The molecule has 1 aromatic carbocycles. The van der Waals surface area contributed by atoms with Gasteiger partial charge in [-0.15, -0.1) is 0 Å². The molecule has 1 aliphatic carbocycles. The highest BCUT2D eigenvalue weighted by atomic mass is 16.5. The number of hydrazine groups is 1. The maximum Gasteiger partial charge on any atom is 0.333 e. The molecular formula is C21H27N3O4. The van der Waals surface area contributed by atoms with Crippen LogP contribution in [0, 0.1) is 13.8 Å². The number of nitrogens with one attached hydrogen (secondary N) is 3. The summed E-state index contributed by atoms with van der Waals surface area (Å²) in [6.45, 7) is 4.23. The standard InChI is InChI=1S/C21H27N3O4/c1-14-10-15(2)12-18(11-14)27-13-17-8-9-19(28-17)20(25)23-24-21(26)22-16-6-4-3-5-7-16/h8-12,16H,3-7,13H2,1-2H3,(H,23,25)(H2,22,24,26). The summed E-state index contributed by atoms with van der Waals surface area (Å²) in [5.41, 5.74) is 6.96. The Labute approximate surface area is 164 Å². The molecule has 3 rings (SSSR count). The van der Waals surface area contributed by atoms with Crippen molar-refractivity contribution in [1.29, 1.82) is 0 Å². The van der Waals surface area contributed by atoms with Crippen LogP contribution in [-0.2, 0) is 6.61 Å². The second-order valence-electron chi connectivity index (χ2n) is 7.27. The summed E-state index contributed by atoms with van der Waals surface area (Å²) >= 11 is 0. The van der Waals surface area contributed by atoms with Crippen molar-refractivity contribution in [2.45, 2.75) is 58.6 Å². The number of urea groups is 1. The Bertz CT molecular complexity index is 805. The Kier molecular flexibility index (Phi) is 6.57. The van der Waals surface area contributed by atoms with Gasteiger partial charge < -0.3 is 14.5 Å². The van der Waals surface area contributed by atoms with E-state index < -0.39 is 11.9 Å². The first kappa shape index (κ1) is 19.8. The Morgan fingerprint density at radius 1 is 1.04 bits per heavy atom. The molecule has 0 saturated heterocycles. The third kappa shape index (κ3) is 5.77. The Morgan fingerprint density at radius 3 is 2.46 bits per heavy atom. The predicted octanol–water partition coefficient (Wildman–Crippen LogP) is 3.75. The van der Waals surface area contributed by atoms with Crippen molar-refractivity contribution in [2.24, 2.45) is 0 Å². The van der Waals surface area contributed by atoms with Crippen LogP contribution in [0.15, 0.2) is 34.7 Å². The molecule has 1 saturated carbocycles. The lowest BCUT2D eigenvalue weighted by Gasteiger charge is -2.22. The van der Waals surface area contributed by atoms with Crippen molar-refractivity contribution < 1.29 is 18.7 Å². The van der Waals surface area contributed by atoms with Crippen molar-refractivity contribution in [3.63, 3.8) is 0 Å². The van der Waals surface area contributed by atoms with Crippen molar-refractivity contribution in [3.05, 3.63) is 53.0 Å². The minimum absolute atomic E-state index is 0.108. The van der Waals surface area contributed by atoms with Crippen molar-refractivity contribution >= 4 is 11.9 Å². The number of hydrogen-bond acceptors (Lipinski definition) is 4. The van der Waals surface area contributed by atoms with Gasteiger partial charge in [-0.3, -0.25) is 10.2 Å². The zero-order chi connectivity index (χ0) is 19.9. The quantitative estimate of drug-likeness (QED) is 0.684. The summed E-state index contributed by atoms with van der Waals surface area (Å²) in [6, 6.07) is 8.94. The van der Waals surface area contributed by atoms with Crippen LogP contribution in [0.5, 0.6) is 5.75 Å². The minimum Gasteiger partial charge on any atom is -0.486 e. The van der Waals surface area contributed by atoms with Crippen molar-refractivity contribution in [2.75, 3.05) is 0 Å². The number of amides is 3. The van der Waals surface area contributed by atoms with Gasteiger partial charge >= 0.3 is 11.9 Å². The molecular weight excluding hydrogens is 358 g/mol. The molecule has 150 valence electrons. The molecule has 0 aliphatic heterocycles. The van der Waals surface area contributed by atoms with E-state index in [1.54, 1.807) is 12.1 Å². The number of carbonyl (C=O) groups excluding carboxylic acids is 2. The van der Waals surface area contributed by atoms with Crippen LogP contribution >= 0.6 is 0 Å². The van der Waals surface area contributed by atoms with E-state index in [1.165, 1.54) is 6.42 Å². The van der Waals surface area contributed by atoms with Crippen LogP contribution in [0.2, 0.25) is 0 Å². The summed E-state index contributed by atoms with van der Waals surface area (Å²) in [5.74, 6) is 0.866. The van der Waals surface area contributed by atoms with E-state index in [1.807, 2.05) is 26.0 Å². The molecule has 0 atom stereocenters. The molecule has 1 fully saturated rings. The van der Waals surface area contributed by atoms with Crippen molar-refractivity contribution in [3.8, 4) is 5.75 Å². The summed E-state index contributed by atoms with van der Waals surface area (Å²) in [6.07, 6.45) is 5.41. The first-order valence-corrected chi connectivity index (χ1v) is 9.66. The van der Waals surface area contributed by atoms with Gasteiger partial charge in [0.15, 0.2) is 5.76 Å². The number of rotatable bonds is 5. The Balaban J connectivity index is 1.44. The fraction of sp³-hybridized carbons (Fsp3) is 0.429. The zero-order valence-corrected chi connectivity index (χ0v) is 16.3. The molecule has 0 unspecified atom stereocenters. The topological polar surface area (TPSA) is 92.6 Å². The number of aryl methyl sites for hydroxylation is 2. The maximum atomic E-state index is 12.1. The second-order valence-corrected chi connectivity index (χ2v) is 7.27. The maximum absolute atomic E-state index is 12.1. The third-order valence-corrected chi connectivity index (χ3v) is 4.69. The molecule has 2 aromatic rings. The number of benzene rings is 1. The monoisotopic (exact) mass is 385 g/mol. The Hall–Kier alpha value is -2.96. The highest BCUT2D eigenvalue weighted by molar-refractivity contribution is 5.92. The lowest BCUT2D eigenvalue weighted by atomic mass is 9.96. The molecule has 7 heteroatoms. The van der Waals surface area contributed by atoms with Gasteiger partial charge in [-0.2, -0.15) is 0 Å². The average Bonchev–Trinajstić information content (AvgIpc) is 3.14. The number of furan rings is 1. The van der Waals surface area contributed by atoms with E-state index in [2.05, 4.69) is 22.2 Å². The molecule has 0 radical (unpaired) electrons. The van der Waals surface area contributed by atoms with Crippen LogP contribution in [0.1, 0.15) is 59.5 Å². The van der Waals surface area contributed by atoms with E-state index in [-0.39, 0.29) is 18.4 Å². The predicted molar refractivity (Wildman–Crippen MR) is 105 cm³/mol. The van der Waals surface area contributed by atoms with Crippen LogP contribution in [0.25, 0.3) is 0 Å². The SMILES string of the molecule is Cc1cc(C)cc(OCc2ccc(C(=O)NNC(=O)NC3CCCCC3)o2)c1. The summed E-state index contributed by atoms with van der Waals surface area (Å²) in [4.78, 5) is 24.0. The first-order valence-electron chi connectivity index (χ1n) is 9.66. The van der Waals surface area contributed by atoms with Gasteiger partial charge in [0.1, 0.15) is 18.1 Å². The molecule has 3 N–H and O–H groups in total. The fourth-order valence-electron chi connectivity index (χ4n) is 3.39. The van der Waals surface area contributed by atoms with Crippen LogP contribution in [0.4, 0.5) is 4.79 Å². The summed E-state index contributed by atoms with van der Waals surface area (Å²) < 4.78 is 11.2. The third-order valence-electron chi connectivity index (χ3n) is 4.69. The highest BCUT2D eigenvalue weighted by Gasteiger charge is 2.17. The first-order chi connectivity index (χ1) is 13.5. The van der Waals surface area contributed by atoms with Crippen LogP contribution in [-0.4, -0.2) is 18.0 Å². The second kappa shape index (κ2) is 9.30. The number of carbonyl (C=O) groups is 2. The lowest BCUT2D eigenvalue weighted by molar-refractivity contribution is 0.0903. The molecule has 0 spiro atoms. The summed E-state index contributed by atoms with van der Waals surface area (Å²) in [5, 5.41) is 2.86. The normalized spacial score (nSPS) is 14.4. The van der Waals surface area contributed by atoms with Gasteiger partial charge in [0.05, 0.1) is 0 Å². The van der Waals surface area contributed by atoms with E-state index in [9.17, 15) is 9.59 Å². The highest BCUT2D eigenvalue weighted by Crippen LogP contribution is 2.19. The van der Waals surface area contributed by atoms with Gasteiger partial charge in [-0.1, -0.05) is 25.3 Å². The Morgan fingerprint density at radius 2 is 1.75 bits per heavy atom. The van der Waals surface area contributed by atoms with Crippen molar-refractivity contribution in [1.82, 2.24) is 16.2 Å². The van der Waals surface area contributed by atoms with Gasteiger partial charge in [-0.25, -0.2) is 10.2 Å². The van der Waals surface area contributed by atoms with E-state index in [4.69, 9.17) is 9.15 Å². The molecule has 28 heavy (non-hydrogen) atoms. The zero-order valence-electron chi connectivity index (χ0n) is 16.3. The lowest BCUT2D eigenvalue weighted by Crippen LogP contribution is -2.50. The largest absolute Gasteiger partial charge is 0.486 e. The number of ether oxygens (including phenoxy) is 1. The van der Waals surface area contributed by atoms with E-state index >= 15 is 0 Å². The van der Waals surface area contributed by atoms with Crippen LogP contribution < -0.4 is 20.9 Å². The van der Waals surface area contributed by atoms with E-state index in [0.29, 0.717) is 5.76 Å². The average molecular weight is 385 g/mol. The van der Waals surface area contributed by atoms with Crippen LogP contribution in [0.3, 0.4) is 0 Å². The van der Waals surface area contributed by atoms with E-state index in [0.717, 1.165) is 42.6 Å². The smallest absolute Gasteiger partial charge is 0.333 e. The fourth-order valence-corrected chi connectivity index (χ4v) is 3.39. The molecule has 7 nitrogen and oxygen atoms in total. The number of hydrogen-bond donors (Lipinski definition) is 3. The minimum atomic E-state index is -0.517. The molecule has 3 amide bonds. The molecule has 1 heterocycles. The molecule has 0 bridgehead atoms. The summed E-state index contributed by atoms with van der Waals surface area (Å²) in [7, 11) is 0.